The lowest BCUT2D eigenvalue weighted by molar-refractivity contribution is -0.139. The van der Waals surface area contributed by atoms with E-state index in [1.165, 1.54) is 19.5 Å². The summed E-state index contributed by atoms with van der Waals surface area (Å²) in [6.45, 7) is 3.59. The molecule has 0 aromatic heterocycles. The number of likely N-dealkylation sites (N-methyl/N-ethyl adjacent to an activating group) is 1. The van der Waals surface area contributed by atoms with Gasteiger partial charge in [0.1, 0.15) is 42.8 Å². The van der Waals surface area contributed by atoms with E-state index in [1.54, 1.807) is 53.3 Å². The molecule has 1 heterocycles. The lowest BCUT2D eigenvalue weighted by Crippen LogP contribution is -2.56. The summed E-state index contributed by atoms with van der Waals surface area (Å²) in [5, 5.41) is 12.9. The maximum atomic E-state index is 14.3. The molecule has 4 bridgehead atoms. The van der Waals surface area contributed by atoms with Crippen LogP contribution in [0.25, 0.3) is 22.3 Å². The Labute approximate surface area is 361 Å². The summed E-state index contributed by atoms with van der Waals surface area (Å²) < 4.78 is 37.4. The zero-order chi connectivity index (χ0) is 45.0. The van der Waals surface area contributed by atoms with Crippen molar-refractivity contribution in [2.75, 3.05) is 39.9 Å². The lowest BCUT2D eigenvalue weighted by Gasteiger charge is -2.30. The predicted octanol–water partition coefficient (Wildman–Crippen LogP) is 1.83. The Morgan fingerprint density at radius 3 is 2.02 bits per heavy atom. The molecule has 2 unspecified atom stereocenters. The summed E-state index contributed by atoms with van der Waals surface area (Å²) in [4.78, 5) is 69.3. The number of ether oxygens (including phenoxy) is 2. The van der Waals surface area contributed by atoms with E-state index in [4.69, 9.17) is 26.1 Å². The molecule has 4 aromatic rings. The van der Waals surface area contributed by atoms with Gasteiger partial charge in [-0.15, -0.1) is 0 Å². The number of benzene rings is 4. The van der Waals surface area contributed by atoms with Gasteiger partial charge in [0.15, 0.2) is 0 Å². The van der Waals surface area contributed by atoms with Crippen molar-refractivity contribution in [3.63, 3.8) is 0 Å². The third-order valence-electron chi connectivity index (χ3n) is 10.2. The fourth-order valence-corrected chi connectivity index (χ4v) is 7.30. The Morgan fingerprint density at radius 1 is 0.823 bits per heavy atom. The van der Waals surface area contributed by atoms with Gasteiger partial charge in [0.2, 0.25) is 17.7 Å². The number of nitrogens with zero attached hydrogens (tertiary/aromatic N) is 1. The van der Waals surface area contributed by atoms with Crippen LogP contribution in [0.4, 0.5) is 0 Å². The van der Waals surface area contributed by atoms with Gasteiger partial charge in [0, 0.05) is 43.2 Å². The van der Waals surface area contributed by atoms with Crippen LogP contribution in [0.3, 0.4) is 0 Å². The van der Waals surface area contributed by atoms with Gasteiger partial charge in [-0.05, 0) is 84.0 Å². The van der Waals surface area contributed by atoms with Crippen LogP contribution in [-0.2, 0) is 42.2 Å². The quantitative estimate of drug-likeness (QED) is 0.0854. The Morgan fingerprint density at radius 2 is 1.42 bits per heavy atom. The van der Waals surface area contributed by atoms with E-state index in [-0.39, 0.29) is 32.7 Å². The molecular weight excluding hydrogens is 817 g/mol. The summed E-state index contributed by atoms with van der Waals surface area (Å²) in [6.07, 6.45) is 3.04. The Kier molecular flexibility index (Phi) is 16.2. The number of hydrogen-bond acceptors (Lipinski definition) is 11. The molecule has 330 valence electrons. The van der Waals surface area contributed by atoms with Crippen molar-refractivity contribution >= 4 is 39.7 Å². The first-order valence-corrected chi connectivity index (χ1v) is 21.8. The van der Waals surface area contributed by atoms with Gasteiger partial charge in [-0.1, -0.05) is 61.9 Å². The summed E-state index contributed by atoms with van der Waals surface area (Å²) in [5.41, 5.74) is 16.7. The monoisotopic (exact) mass is 870 g/mol. The van der Waals surface area contributed by atoms with Crippen LogP contribution < -0.4 is 46.8 Å². The molecule has 1 aliphatic heterocycles. The zero-order valence-corrected chi connectivity index (χ0v) is 35.8. The third-order valence-corrected chi connectivity index (χ3v) is 10.6. The van der Waals surface area contributed by atoms with Crippen LogP contribution in [0.15, 0.2) is 84.9 Å². The van der Waals surface area contributed by atoms with Crippen molar-refractivity contribution in [1.82, 2.24) is 25.6 Å². The number of amides is 5. The van der Waals surface area contributed by atoms with Gasteiger partial charge in [0.25, 0.3) is 22.0 Å². The Balaban J connectivity index is 1.47. The maximum absolute atomic E-state index is 14.3. The zero-order valence-electron chi connectivity index (χ0n) is 34.9. The second kappa shape index (κ2) is 21.4. The average Bonchev–Trinajstić information content (AvgIpc) is 3.25. The van der Waals surface area contributed by atoms with E-state index in [0.29, 0.717) is 39.3 Å². The molecule has 5 rings (SSSR count). The first kappa shape index (κ1) is 46.7. The standard InChI is InChI=1S/C44H54N8O9S/c1-4-5-6-28-7-10-30(11-8-28)31-12-14-32(15-13-31)42(55)48-26-39(53)52(3)40-33-16-18-38(61-22-20-46)35(25-33)34-23-29(9-17-37(34)60-21-19-45)24-36(43(56)51-62(47,58)59)50-41(54)27(2)49-44(40)57/h7-18,23,25,27,36,40H,4-6,19-22,24,26,45-46H2,1-3H3,(H,48,55)(H,49,57)(H,50,54)(H,51,56)(H2,47,58,59)/t27-,36?,40?/m0/s1. The largest absolute Gasteiger partial charge is 0.492 e. The summed E-state index contributed by atoms with van der Waals surface area (Å²) in [5.74, 6) is -3.24. The molecule has 10 N–H and O–H groups in total. The smallest absolute Gasteiger partial charge is 0.298 e. The second-order valence-electron chi connectivity index (χ2n) is 14.8. The van der Waals surface area contributed by atoms with Crippen LogP contribution in [0.5, 0.6) is 11.5 Å². The maximum Gasteiger partial charge on any atom is 0.298 e. The Hall–Kier alpha value is -6.34. The highest BCUT2D eigenvalue weighted by molar-refractivity contribution is 7.87. The minimum absolute atomic E-state index is 0.112. The molecule has 18 heteroatoms. The van der Waals surface area contributed by atoms with Gasteiger partial charge < -0.3 is 41.8 Å². The average molecular weight is 871 g/mol. The van der Waals surface area contributed by atoms with Gasteiger partial charge in [-0.25, -0.2) is 9.86 Å². The van der Waals surface area contributed by atoms with Gasteiger partial charge in [-0.2, -0.15) is 8.42 Å². The molecule has 62 heavy (non-hydrogen) atoms. The number of nitrogens with one attached hydrogen (secondary N) is 4. The number of hydrogen-bond donors (Lipinski definition) is 7. The molecule has 4 aromatic carbocycles. The topological polar surface area (TPSA) is 267 Å². The van der Waals surface area contributed by atoms with E-state index >= 15 is 0 Å². The van der Waals surface area contributed by atoms with Gasteiger partial charge >= 0.3 is 0 Å². The predicted molar refractivity (Wildman–Crippen MR) is 234 cm³/mol. The molecule has 0 saturated heterocycles. The van der Waals surface area contributed by atoms with Gasteiger partial charge in [0.05, 0.1) is 6.54 Å². The van der Waals surface area contributed by atoms with E-state index in [9.17, 15) is 32.4 Å². The van der Waals surface area contributed by atoms with E-state index in [0.717, 1.165) is 35.3 Å². The molecule has 0 fully saturated rings. The highest BCUT2D eigenvalue weighted by Gasteiger charge is 2.34. The normalized spacial score (nSPS) is 16.5. The summed E-state index contributed by atoms with van der Waals surface area (Å²) in [7, 11) is -3.13. The molecule has 3 atom stereocenters. The van der Waals surface area contributed by atoms with Crippen molar-refractivity contribution in [3.8, 4) is 33.8 Å². The van der Waals surface area contributed by atoms with Crippen molar-refractivity contribution in [1.29, 1.82) is 0 Å². The van der Waals surface area contributed by atoms with E-state index < -0.39 is 64.4 Å². The summed E-state index contributed by atoms with van der Waals surface area (Å²) in [6, 6.07) is 20.9. The molecule has 17 nitrogen and oxygen atoms in total. The highest BCUT2D eigenvalue weighted by Crippen LogP contribution is 2.40. The number of fused-ring (bicyclic) bond motifs is 5. The van der Waals surface area contributed by atoms with Crippen molar-refractivity contribution in [2.45, 2.75) is 57.7 Å². The summed E-state index contributed by atoms with van der Waals surface area (Å²) >= 11 is 0. The molecule has 0 aliphatic carbocycles. The van der Waals surface area contributed by atoms with Gasteiger partial charge in [-0.3, -0.25) is 24.0 Å². The fraction of sp³-hybridized carbons (Fsp3) is 0.341. The van der Waals surface area contributed by atoms with Crippen molar-refractivity contribution in [3.05, 3.63) is 107 Å². The number of carbonyl (C=O) groups is 5. The van der Waals surface area contributed by atoms with Crippen LogP contribution in [0.1, 0.15) is 59.8 Å². The minimum Gasteiger partial charge on any atom is -0.492 e. The molecule has 0 spiro atoms. The molecule has 0 radical (unpaired) electrons. The number of unbranched alkanes of at least 4 members (excludes halogenated alkanes) is 1. The highest BCUT2D eigenvalue weighted by atomic mass is 32.2. The Bertz CT molecular complexity index is 2360. The van der Waals surface area contributed by atoms with E-state index in [2.05, 4.69) is 35.0 Å². The second-order valence-corrected chi connectivity index (χ2v) is 16.1. The fourth-order valence-electron chi connectivity index (χ4n) is 6.88. The van der Waals surface area contributed by atoms with Crippen LogP contribution in [0.2, 0.25) is 0 Å². The van der Waals surface area contributed by atoms with Crippen molar-refractivity contribution < 1.29 is 41.9 Å². The molecular formula is C44H54N8O9S. The molecule has 0 saturated carbocycles. The number of rotatable bonds is 16. The minimum atomic E-state index is -4.52. The number of carbonyl (C=O) groups excluding carboxylic acids is 5. The van der Waals surface area contributed by atoms with Crippen LogP contribution in [-0.4, -0.2) is 94.8 Å². The molecule has 1 aliphatic rings. The van der Waals surface area contributed by atoms with E-state index in [1.807, 2.05) is 24.3 Å². The SMILES string of the molecule is CCCCc1ccc(-c2ccc(C(=O)NCC(=O)N(C)C3C(=O)N[C@@H](C)C(=O)NC(C(=O)NS(N)(=O)=O)Cc4ccc(OCCN)c(c4)-c4cc3ccc4OCCN)cc2)cc1. The van der Waals surface area contributed by atoms with Crippen molar-refractivity contribution in [2.24, 2.45) is 16.6 Å². The number of nitrogens with two attached hydrogens (primary N) is 3. The first-order valence-electron chi connectivity index (χ1n) is 20.2. The molecule has 5 amide bonds. The third kappa shape index (κ3) is 12.4. The van der Waals surface area contributed by atoms with Crippen LogP contribution >= 0.6 is 0 Å². The lowest BCUT2D eigenvalue weighted by atomic mass is 9.93. The first-order chi connectivity index (χ1) is 29.6. The number of aryl methyl sites for hydroxylation is 1. The van der Waals surface area contributed by atoms with Crippen LogP contribution in [0, 0.1) is 0 Å².